The molecule has 0 spiro atoms. The minimum Gasteiger partial charge on any atom is -0.497 e. The highest BCUT2D eigenvalue weighted by Crippen LogP contribution is 2.40. The standard InChI is InChI=1S/C25H17F3N4O2S/c1-33-15-6-3-13(4-7-15)21-22(23-29-17-9-5-14(25(26,27)28)11-18(17)30-23)32-19-10-8-16(34-2)12-20(19)35-24(32)31-21/h3-12H,1-2H3,(H,29,30). The number of imidazole rings is 2. The first-order valence-corrected chi connectivity index (χ1v) is 11.4. The Morgan fingerprint density at radius 1 is 0.886 bits per heavy atom. The Balaban J connectivity index is 1.63. The van der Waals surface area contributed by atoms with Crippen LogP contribution in [0.4, 0.5) is 13.2 Å². The molecule has 0 unspecified atom stereocenters. The van der Waals surface area contributed by atoms with Crippen LogP contribution in [0.3, 0.4) is 0 Å². The highest BCUT2D eigenvalue weighted by atomic mass is 32.1. The maximum Gasteiger partial charge on any atom is 0.416 e. The Labute approximate surface area is 200 Å². The Bertz CT molecular complexity index is 1710. The average Bonchev–Trinajstić information content (AvgIpc) is 3.53. The van der Waals surface area contributed by atoms with E-state index in [2.05, 4.69) is 9.97 Å². The van der Waals surface area contributed by atoms with Gasteiger partial charge in [0.2, 0.25) is 0 Å². The summed E-state index contributed by atoms with van der Waals surface area (Å²) >= 11 is 1.49. The minimum absolute atomic E-state index is 0.298. The van der Waals surface area contributed by atoms with Gasteiger partial charge in [-0.2, -0.15) is 13.2 Å². The molecular formula is C25H17F3N4O2S. The van der Waals surface area contributed by atoms with Crippen molar-refractivity contribution in [3.8, 4) is 34.3 Å². The number of benzene rings is 3. The second-order valence-electron chi connectivity index (χ2n) is 7.91. The van der Waals surface area contributed by atoms with Crippen molar-refractivity contribution in [3.63, 3.8) is 0 Å². The fourth-order valence-corrected chi connectivity index (χ4v) is 5.20. The predicted octanol–water partition coefficient (Wildman–Crippen LogP) is 6.80. The molecule has 0 saturated carbocycles. The van der Waals surface area contributed by atoms with Crippen LogP contribution >= 0.6 is 11.3 Å². The van der Waals surface area contributed by atoms with Crippen LogP contribution in [0.1, 0.15) is 5.56 Å². The number of nitrogens with zero attached hydrogens (tertiary/aromatic N) is 3. The molecule has 0 radical (unpaired) electrons. The highest BCUT2D eigenvalue weighted by Gasteiger charge is 2.31. The number of aromatic amines is 1. The van der Waals surface area contributed by atoms with Gasteiger partial charge in [-0.3, -0.25) is 4.40 Å². The summed E-state index contributed by atoms with van der Waals surface area (Å²) in [5.74, 6) is 1.85. The molecule has 1 N–H and O–H groups in total. The lowest BCUT2D eigenvalue weighted by molar-refractivity contribution is -0.137. The van der Waals surface area contributed by atoms with Crippen LogP contribution in [0.5, 0.6) is 11.5 Å². The number of rotatable bonds is 4. The molecule has 0 aliphatic heterocycles. The fourth-order valence-electron chi connectivity index (χ4n) is 4.14. The van der Waals surface area contributed by atoms with E-state index in [9.17, 15) is 13.2 Å². The van der Waals surface area contributed by atoms with E-state index in [0.717, 1.165) is 38.6 Å². The minimum atomic E-state index is -4.44. The number of nitrogens with one attached hydrogen (secondary N) is 1. The molecule has 6 aromatic rings. The largest absolute Gasteiger partial charge is 0.497 e. The van der Waals surface area contributed by atoms with Crippen molar-refractivity contribution in [2.45, 2.75) is 6.18 Å². The number of H-pyrrole nitrogens is 1. The zero-order chi connectivity index (χ0) is 24.3. The number of alkyl halides is 3. The number of hydrogen-bond donors (Lipinski definition) is 1. The maximum absolute atomic E-state index is 13.3. The summed E-state index contributed by atoms with van der Waals surface area (Å²) < 4.78 is 53.4. The topological polar surface area (TPSA) is 64.4 Å². The second-order valence-corrected chi connectivity index (χ2v) is 8.92. The molecule has 0 amide bonds. The lowest BCUT2D eigenvalue weighted by Crippen LogP contribution is -2.04. The second kappa shape index (κ2) is 7.74. The van der Waals surface area contributed by atoms with Crippen molar-refractivity contribution >= 4 is 37.5 Å². The number of ether oxygens (including phenoxy) is 2. The van der Waals surface area contributed by atoms with Gasteiger partial charge in [0.05, 0.1) is 41.0 Å². The van der Waals surface area contributed by atoms with Crippen molar-refractivity contribution in [1.82, 2.24) is 19.4 Å². The average molecular weight is 494 g/mol. The summed E-state index contributed by atoms with van der Waals surface area (Å²) in [7, 11) is 3.20. The third-order valence-electron chi connectivity index (χ3n) is 5.85. The van der Waals surface area contributed by atoms with Gasteiger partial charge in [0, 0.05) is 5.56 Å². The van der Waals surface area contributed by atoms with Crippen molar-refractivity contribution in [1.29, 1.82) is 0 Å². The summed E-state index contributed by atoms with van der Waals surface area (Å²) in [5.41, 5.74) is 3.04. The van der Waals surface area contributed by atoms with Crippen LogP contribution in [0.25, 0.3) is 49.0 Å². The third-order valence-corrected chi connectivity index (χ3v) is 6.86. The van der Waals surface area contributed by atoms with E-state index < -0.39 is 11.7 Å². The van der Waals surface area contributed by atoms with Gasteiger partial charge in [0.1, 0.15) is 22.9 Å². The SMILES string of the molecule is COc1ccc(-c2nc3sc4cc(OC)ccc4n3c2-c2nc3ccc(C(F)(F)F)cc3[nH]2)cc1. The van der Waals surface area contributed by atoms with Crippen LogP contribution in [0.2, 0.25) is 0 Å². The first-order chi connectivity index (χ1) is 16.9. The Kier molecular flexibility index (Phi) is 4.75. The van der Waals surface area contributed by atoms with Gasteiger partial charge in [0.15, 0.2) is 10.8 Å². The summed E-state index contributed by atoms with van der Waals surface area (Å²) in [6.45, 7) is 0. The molecule has 176 valence electrons. The lowest BCUT2D eigenvalue weighted by Gasteiger charge is -2.05. The van der Waals surface area contributed by atoms with Gasteiger partial charge in [0.25, 0.3) is 0 Å². The van der Waals surface area contributed by atoms with E-state index in [1.807, 2.05) is 46.9 Å². The molecule has 3 aromatic heterocycles. The highest BCUT2D eigenvalue weighted by molar-refractivity contribution is 7.23. The van der Waals surface area contributed by atoms with Crippen LogP contribution in [-0.2, 0) is 6.18 Å². The monoisotopic (exact) mass is 494 g/mol. The molecule has 10 heteroatoms. The molecule has 35 heavy (non-hydrogen) atoms. The molecule has 0 aliphatic rings. The van der Waals surface area contributed by atoms with E-state index in [0.29, 0.717) is 34.0 Å². The van der Waals surface area contributed by atoms with Gasteiger partial charge in [-0.1, -0.05) is 11.3 Å². The Morgan fingerprint density at radius 2 is 1.63 bits per heavy atom. The van der Waals surface area contributed by atoms with Crippen molar-refractivity contribution in [3.05, 3.63) is 66.2 Å². The number of fused-ring (bicyclic) bond motifs is 4. The first kappa shape index (κ1) is 21.5. The summed E-state index contributed by atoms with van der Waals surface area (Å²) in [5, 5.41) is 0. The molecule has 0 atom stereocenters. The number of methoxy groups -OCH3 is 2. The summed E-state index contributed by atoms with van der Waals surface area (Å²) in [6.07, 6.45) is -4.44. The Morgan fingerprint density at radius 3 is 2.34 bits per heavy atom. The van der Waals surface area contributed by atoms with Gasteiger partial charge in [-0.25, -0.2) is 9.97 Å². The van der Waals surface area contributed by atoms with Crippen molar-refractivity contribution < 1.29 is 22.6 Å². The van der Waals surface area contributed by atoms with E-state index >= 15 is 0 Å². The zero-order valence-electron chi connectivity index (χ0n) is 18.5. The molecule has 6 nitrogen and oxygen atoms in total. The van der Waals surface area contributed by atoms with E-state index in [1.54, 1.807) is 14.2 Å². The zero-order valence-corrected chi connectivity index (χ0v) is 19.3. The predicted molar refractivity (Wildman–Crippen MR) is 129 cm³/mol. The molecule has 0 aliphatic carbocycles. The molecule has 3 aromatic carbocycles. The number of thiazole rings is 1. The van der Waals surface area contributed by atoms with Gasteiger partial charge >= 0.3 is 6.18 Å². The summed E-state index contributed by atoms with van der Waals surface area (Å²) in [4.78, 5) is 13.4. The number of aromatic nitrogens is 4. The maximum atomic E-state index is 13.3. The third kappa shape index (κ3) is 3.48. The quantitative estimate of drug-likeness (QED) is 0.293. The lowest BCUT2D eigenvalue weighted by atomic mass is 10.1. The van der Waals surface area contributed by atoms with E-state index in [1.165, 1.54) is 17.4 Å². The molecule has 0 saturated heterocycles. The van der Waals surface area contributed by atoms with Crippen molar-refractivity contribution in [2.24, 2.45) is 0 Å². The van der Waals surface area contributed by atoms with Crippen LogP contribution in [0, 0.1) is 0 Å². The molecule has 3 heterocycles. The normalized spacial score (nSPS) is 12.1. The number of halogens is 3. The van der Waals surface area contributed by atoms with E-state index in [-0.39, 0.29) is 0 Å². The molecular weight excluding hydrogens is 477 g/mol. The van der Waals surface area contributed by atoms with Crippen LogP contribution in [0.15, 0.2) is 60.7 Å². The fraction of sp³-hybridized carbons (Fsp3) is 0.120. The number of hydrogen-bond acceptors (Lipinski definition) is 5. The molecule has 6 rings (SSSR count). The molecule has 0 fully saturated rings. The first-order valence-electron chi connectivity index (χ1n) is 10.6. The smallest absolute Gasteiger partial charge is 0.416 e. The Hall–Kier alpha value is -4.05. The van der Waals surface area contributed by atoms with E-state index in [4.69, 9.17) is 14.5 Å². The van der Waals surface area contributed by atoms with Gasteiger partial charge < -0.3 is 14.5 Å². The van der Waals surface area contributed by atoms with Gasteiger partial charge in [-0.15, -0.1) is 0 Å². The molecule has 0 bridgehead atoms. The summed E-state index contributed by atoms with van der Waals surface area (Å²) in [6, 6.07) is 16.7. The van der Waals surface area contributed by atoms with Crippen LogP contribution in [-0.4, -0.2) is 33.6 Å². The van der Waals surface area contributed by atoms with Crippen molar-refractivity contribution in [2.75, 3.05) is 14.2 Å². The van der Waals surface area contributed by atoms with Crippen LogP contribution < -0.4 is 9.47 Å². The van der Waals surface area contributed by atoms with Gasteiger partial charge in [-0.05, 0) is 60.7 Å².